The number of amides is 1. The molecule has 0 bridgehead atoms. The van der Waals surface area contributed by atoms with E-state index in [4.69, 9.17) is 0 Å². The molecular formula is C13H20N2O. The summed E-state index contributed by atoms with van der Waals surface area (Å²) in [5.74, 6) is 6.58. The van der Waals surface area contributed by atoms with Crippen molar-refractivity contribution in [1.29, 1.82) is 0 Å². The molecule has 2 rings (SSSR count). The molecule has 0 radical (unpaired) electrons. The molecule has 2 saturated heterocycles. The molecule has 3 nitrogen and oxygen atoms in total. The minimum Gasteiger partial charge on any atom is -0.332 e. The van der Waals surface area contributed by atoms with Gasteiger partial charge >= 0.3 is 0 Å². The Hall–Kier alpha value is -1.01. The molecule has 16 heavy (non-hydrogen) atoms. The van der Waals surface area contributed by atoms with Gasteiger partial charge in [0, 0.05) is 13.0 Å². The Balaban J connectivity index is 1.69. The van der Waals surface area contributed by atoms with Crippen molar-refractivity contribution in [2.75, 3.05) is 32.7 Å². The van der Waals surface area contributed by atoms with E-state index < -0.39 is 0 Å². The summed E-state index contributed by atoms with van der Waals surface area (Å²) in [6.45, 7) is 4.79. The van der Waals surface area contributed by atoms with Gasteiger partial charge in [-0.1, -0.05) is 11.8 Å². The van der Waals surface area contributed by atoms with Crippen LogP contribution in [0.1, 0.15) is 32.1 Å². The maximum Gasteiger partial charge on any atom is 0.223 e. The average molecular weight is 220 g/mol. The highest BCUT2D eigenvalue weighted by molar-refractivity contribution is 5.77. The standard InChI is InChI=1S/C13H20N2O/c16-13-7-1-2-11-15(13)12-6-5-10-14-8-3-4-9-14/h1-4,7-12H2. The van der Waals surface area contributed by atoms with Crippen LogP contribution in [0.15, 0.2) is 0 Å². The summed E-state index contributed by atoms with van der Waals surface area (Å²) in [7, 11) is 0. The van der Waals surface area contributed by atoms with Crippen molar-refractivity contribution in [1.82, 2.24) is 9.80 Å². The first-order chi connectivity index (χ1) is 7.86. The molecular weight excluding hydrogens is 200 g/mol. The summed E-state index contributed by atoms with van der Waals surface area (Å²) in [5, 5.41) is 0. The molecule has 0 atom stereocenters. The second-order valence-electron chi connectivity index (χ2n) is 4.61. The first-order valence-electron chi connectivity index (χ1n) is 6.32. The van der Waals surface area contributed by atoms with E-state index in [1.165, 1.54) is 25.9 Å². The third-order valence-corrected chi connectivity index (χ3v) is 3.32. The predicted molar refractivity (Wildman–Crippen MR) is 63.9 cm³/mol. The maximum atomic E-state index is 11.5. The van der Waals surface area contributed by atoms with Crippen molar-refractivity contribution < 1.29 is 4.79 Å². The molecule has 0 aromatic heterocycles. The fourth-order valence-corrected chi connectivity index (χ4v) is 2.29. The minimum atomic E-state index is 0.279. The van der Waals surface area contributed by atoms with Crippen LogP contribution >= 0.6 is 0 Å². The molecule has 2 aliphatic rings. The smallest absolute Gasteiger partial charge is 0.223 e. The molecule has 2 aliphatic heterocycles. The van der Waals surface area contributed by atoms with E-state index in [1.54, 1.807) is 0 Å². The molecule has 3 heteroatoms. The molecule has 88 valence electrons. The van der Waals surface area contributed by atoms with E-state index in [0.717, 1.165) is 25.9 Å². The van der Waals surface area contributed by atoms with Gasteiger partial charge in [-0.15, -0.1) is 0 Å². The lowest BCUT2D eigenvalue weighted by atomic mass is 10.1. The highest BCUT2D eigenvalue weighted by Gasteiger charge is 2.16. The Morgan fingerprint density at radius 2 is 1.62 bits per heavy atom. The number of rotatable bonds is 2. The van der Waals surface area contributed by atoms with E-state index in [0.29, 0.717) is 13.0 Å². The van der Waals surface area contributed by atoms with Crippen molar-refractivity contribution in [3.05, 3.63) is 0 Å². The van der Waals surface area contributed by atoms with E-state index >= 15 is 0 Å². The second-order valence-corrected chi connectivity index (χ2v) is 4.61. The molecule has 0 aromatic carbocycles. The lowest BCUT2D eigenvalue weighted by molar-refractivity contribution is -0.132. The maximum absolute atomic E-state index is 11.5. The molecule has 0 aliphatic carbocycles. The largest absolute Gasteiger partial charge is 0.332 e. The quantitative estimate of drug-likeness (QED) is 0.651. The third-order valence-electron chi connectivity index (χ3n) is 3.32. The zero-order chi connectivity index (χ0) is 11.2. The van der Waals surface area contributed by atoms with E-state index in [-0.39, 0.29) is 5.91 Å². The summed E-state index contributed by atoms with van der Waals surface area (Å²) in [6, 6.07) is 0. The van der Waals surface area contributed by atoms with Crippen molar-refractivity contribution in [2.24, 2.45) is 0 Å². The fraction of sp³-hybridized carbons (Fsp3) is 0.769. The number of carbonyl (C=O) groups is 1. The number of likely N-dealkylation sites (tertiary alicyclic amines) is 2. The van der Waals surface area contributed by atoms with Gasteiger partial charge < -0.3 is 4.90 Å². The highest BCUT2D eigenvalue weighted by atomic mass is 16.2. The zero-order valence-corrected chi connectivity index (χ0v) is 9.87. The van der Waals surface area contributed by atoms with Crippen LogP contribution in [0.5, 0.6) is 0 Å². The third kappa shape index (κ3) is 3.24. The Labute approximate surface area is 97.8 Å². The Kier molecular flexibility index (Phi) is 4.24. The van der Waals surface area contributed by atoms with Gasteiger partial charge in [0.05, 0.1) is 13.1 Å². The first kappa shape index (κ1) is 11.5. The lowest BCUT2D eigenvalue weighted by Crippen LogP contribution is -2.35. The number of hydrogen-bond acceptors (Lipinski definition) is 2. The number of hydrogen-bond donors (Lipinski definition) is 0. The molecule has 0 N–H and O–H groups in total. The van der Waals surface area contributed by atoms with Crippen LogP contribution in [0.2, 0.25) is 0 Å². The van der Waals surface area contributed by atoms with Crippen molar-refractivity contribution in [3.63, 3.8) is 0 Å². The first-order valence-corrected chi connectivity index (χ1v) is 6.32. The summed E-state index contributed by atoms with van der Waals surface area (Å²) in [5.41, 5.74) is 0. The molecule has 0 unspecified atom stereocenters. The minimum absolute atomic E-state index is 0.279. The van der Waals surface area contributed by atoms with E-state index in [9.17, 15) is 4.79 Å². The van der Waals surface area contributed by atoms with Crippen molar-refractivity contribution >= 4 is 5.91 Å². The molecule has 0 spiro atoms. The van der Waals surface area contributed by atoms with Crippen LogP contribution in [0.25, 0.3) is 0 Å². The number of nitrogens with zero attached hydrogens (tertiary/aromatic N) is 2. The molecule has 2 fully saturated rings. The number of carbonyl (C=O) groups excluding carboxylic acids is 1. The number of piperidine rings is 1. The topological polar surface area (TPSA) is 23.6 Å². The van der Waals surface area contributed by atoms with Crippen LogP contribution < -0.4 is 0 Å². The molecule has 2 heterocycles. The Morgan fingerprint density at radius 1 is 0.938 bits per heavy atom. The van der Waals surface area contributed by atoms with E-state index in [1.807, 2.05) is 4.90 Å². The lowest BCUT2D eigenvalue weighted by Gasteiger charge is -2.24. The summed E-state index contributed by atoms with van der Waals surface area (Å²) >= 11 is 0. The summed E-state index contributed by atoms with van der Waals surface area (Å²) in [4.78, 5) is 15.8. The van der Waals surface area contributed by atoms with Gasteiger partial charge in [-0.3, -0.25) is 9.69 Å². The summed E-state index contributed by atoms with van der Waals surface area (Å²) < 4.78 is 0. The average Bonchev–Trinajstić information content (AvgIpc) is 2.79. The Bertz CT molecular complexity index is 297. The van der Waals surface area contributed by atoms with Gasteiger partial charge in [-0.25, -0.2) is 0 Å². The zero-order valence-electron chi connectivity index (χ0n) is 9.87. The predicted octanol–water partition coefficient (Wildman–Crippen LogP) is 1.10. The molecule has 0 saturated carbocycles. The monoisotopic (exact) mass is 220 g/mol. The normalized spacial score (nSPS) is 22.0. The second kappa shape index (κ2) is 5.91. The van der Waals surface area contributed by atoms with Crippen LogP contribution in [-0.4, -0.2) is 48.4 Å². The highest BCUT2D eigenvalue weighted by Crippen LogP contribution is 2.09. The van der Waals surface area contributed by atoms with Crippen LogP contribution in [0, 0.1) is 11.8 Å². The van der Waals surface area contributed by atoms with Gasteiger partial charge in [0.25, 0.3) is 0 Å². The Morgan fingerprint density at radius 3 is 2.38 bits per heavy atom. The van der Waals surface area contributed by atoms with Crippen LogP contribution in [-0.2, 0) is 4.79 Å². The van der Waals surface area contributed by atoms with Crippen molar-refractivity contribution in [2.45, 2.75) is 32.1 Å². The van der Waals surface area contributed by atoms with Gasteiger partial charge in [-0.2, -0.15) is 0 Å². The summed E-state index contributed by atoms with van der Waals surface area (Å²) in [6.07, 6.45) is 5.53. The molecule has 1 amide bonds. The fourth-order valence-electron chi connectivity index (χ4n) is 2.29. The molecule has 0 aromatic rings. The van der Waals surface area contributed by atoms with Crippen LogP contribution in [0.4, 0.5) is 0 Å². The van der Waals surface area contributed by atoms with Gasteiger partial charge in [0.1, 0.15) is 0 Å². The van der Waals surface area contributed by atoms with Gasteiger partial charge in [0.2, 0.25) is 5.91 Å². The van der Waals surface area contributed by atoms with Crippen molar-refractivity contribution in [3.8, 4) is 11.8 Å². The van der Waals surface area contributed by atoms with Gasteiger partial charge in [0.15, 0.2) is 0 Å². The van der Waals surface area contributed by atoms with Crippen LogP contribution in [0.3, 0.4) is 0 Å². The van der Waals surface area contributed by atoms with E-state index in [2.05, 4.69) is 16.7 Å². The van der Waals surface area contributed by atoms with Gasteiger partial charge in [-0.05, 0) is 38.8 Å². The SMILES string of the molecule is O=C1CCCCN1CC#CCN1CCCC1.